The maximum Gasteiger partial charge on any atom is 0.310 e. The number of amides is 1. The van der Waals surface area contributed by atoms with Crippen LogP contribution in [0.5, 0.6) is 0 Å². The van der Waals surface area contributed by atoms with Crippen LogP contribution in [0.3, 0.4) is 0 Å². The Morgan fingerprint density at radius 1 is 1.33 bits per heavy atom. The van der Waals surface area contributed by atoms with Crippen LogP contribution in [0.1, 0.15) is 31.2 Å². The van der Waals surface area contributed by atoms with Gasteiger partial charge in [-0.25, -0.2) is 0 Å². The second-order valence-electron chi connectivity index (χ2n) is 5.51. The molecule has 2 rings (SSSR count). The van der Waals surface area contributed by atoms with Crippen molar-refractivity contribution in [3.05, 3.63) is 42.0 Å². The first-order valence-electron chi connectivity index (χ1n) is 7.01. The molecule has 1 amide bonds. The lowest BCUT2D eigenvalue weighted by molar-refractivity contribution is -0.140. The smallest absolute Gasteiger partial charge is 0.310 e. The van der Waals surface area contributed by atoms with Gasteiger partial charge in [0.2, 0.25) is 5.91 Å². The van der Waals surface area contributed by atoms with Crippen LogP contribution in [0, 0.1) is 5.92 Å². The lowest BCUT2D eigenvalue weighted by Gasteiger charge is -2.15. The van der Waals surface area contributed by atoms with E-state index in [2.05, 4.69) is 5.32 Å². The van der Waals surface area contributed by atoms with E-state index in [1.165, 1.54) is 0 Å². The van der Waals surface area contributed by atoms with Gasteiger partial charge >= 0.3 is 5.97 Å². The summed E-state index contributed by atoms with van der Waals surface area (Å²) in [5.41, 5.74) is 7.40. The van der Waals surface area contributed by atoms with Gasteiger partial charge in [-0.15, -0.1) is 0 Å². The van der Waals surface area contributed by atoms with Crippen molar-refractivity contribution >= 4 is 17.6 Å². The van der Waals surface area contributed by atoms with Crippen molar-refractivity contribution in [2.75, 3.05) is 5.73 Å². The number of nitrogens with two attached hydrogens (primary N) is 1. The minimum Gasteiger partial charge on any atom is -0.481 e. The number of carbonyl (C=O) groups is 2. The van der Waals surface area contributed by atoms with Gasteiger partial charge in [0.15, 0.2) is 0 Å². The van der Waals surface area contributed by atoms with Gasteiger partial charge in [0.25, 0.3) is 0 Å². The normalized spacial score (nSPS) is 22.0. The van der Waals surface area contributed by atoms with Crippen LogP contribution in [-0.4, -0.2) is 23.0 Å². The van der Waals surface area contributed by atoms with E-state index in [-0.39, 0.29) is 17.9 Å². The predicted octanol–water partition coefficient (Wildman–Crippen LogP) is 1.91. The highest BCUT2D eigenvalue weighted by molar-refractivity contribution is 5.78. The predicted molar refractivity (Wildman–Crippen MR) is 80.7 cm³/mol. The van der Waals surface area contributed by atoms with Crippen molar-refractivity contribution in [1.29, 1.82) is 0 Å². The highest BCUT2D eigenvalue weighted by atomic mass is 16.4. The molecule has 0 aromatic heterocycles. The average molecular weight is 288 g/mol. The number of hydrogen-bond acceptors (Lipinski definition) is 3. The van der Waals surface area contributed by atoms with Crippen LogP contribution in [0.25, 0.3) is 0 Å². The largest absolute Gasteiger partial charge is 0.481 e. The molecule has 0 bridgehead atoms. The molecule has 112 valence electrons. The van der Waals surface area contributed by atoms with E-state index in [9.17, 15) is 9.59 Å². The maximum absolute atomic E-state index is 12.0. The van der Waals surface area contributed by atoms with Crippen LogP contribution in [0.15, 0.2) is 36.4 Å². The van der Waals surface area contributed by atoms with Crippen molar-refractivity contribution in [1.82, 2.24) is 5.32 Å². The highest BCUT2D eigenvalue weighted by Crippen LogP contribution is 2.21. The molecule has 0 aliphatic heterocycles. The lowest BCUT2D eigenvalue weighted by atomic mass is 9.97. The second-order valence-corrected chi connectivity index (χ2v) is 5.51. The molecule has 0 saturated carbocycles. The summed E-state index contributed by atoms with van der Waals surface area (Å²) in [5, 5.41) is 11.8. The molecular formula is C16H20N2O3. The van der Waals surface area contributed by atoms with Gasteiger partial charge in [0.1, 0.15) is 0 Å². The Hall–Kier alpha value is -2.30. The molecule has 0 spiro atoms. The fourth-order valence-electron chi connectivity index (χ4n) is 2.48. The van der Waals surface area contributed by atoms with E-state index in [4.69, 9.17) is 10.8 Å². The minimum absolute atomic E-state index is 0.0694. The van der Waals surface area contributed by atoms with Crippen LogP contribution in [-0.2, 0) is 9.59 Å². The number of rotatable bonds is 5. The summed E-state index contributed by atoms with van der Waals surface area (Å²) in [7, 11) is 0. The molecule has 1 aliphatic rings. The zero-order valence-electron chi connectivity index (χ0n) is 12.0. The van der Waals surface area contributed by atoms with Crippen LogP contribution >= 0.6 is 0 Å². The lowest BCUT2D eigenvalue weighted by Crippen LogP contribution is -2.33. The molecule has 1 aromatic rings. The van der Waals surface area contributed by atoms with E-state index in [0.29, 0.717) is 18.5 Å². The van der Waals surface area contributed by atoms with Crippen molar-refractivity contribution in [3.63, 3.8) is 0 Å². The van der Waals surface area contributed by atoms with Crippen LogP contribution in [0.2, 0.25) is 0 Å². The average Bonchev–Trinajstić information content (AvgIpc) is 2.87. The molecule has 0 fully saturated rings. The molecule has 1 aliphatic carbocycles. The van der Waals surface area contributed by atoms with Gasteiger partial charge in [-0.2, -0.15) is 0 Å². The van der Waals surface area contributed by atoms with Crippen molar-refractivity contribution < 1.29 is 14.7 Å². The summed E-state index contributed by atoms with van der Waals surface area (Å²) in [6.45, 7) is 1.98. The second kappa shape index (κ2) is 6.43. The first-order valence-corrected chi connectivity index (χ1v) is 7.01. The third-order valence-electron chi connectivity index (χ3n) is 3.74. The van der Waals surface area contributed by atoms with Crippen molar-refractivity contribution in [2.24, 2.45) is 5.92 Å². The number of benzene rings is 1. The third-order valence-corrected chi connectivity index (χ3v) is 3.74. The Morgan fingerprint density at radius 3 is 2.57 bits per heavy atom. The molecule has 5 heteroatoms. The van der Waals surface area contributed by atoms with E-state index < -0.39 is 11.9 Å². The third kappa shape index (κ3) is 4.08. The molecule has 3 atom stereocenters. The van der Waals surface area contributed by atoms with Crippen molar-refractivity contribution in [2.45, 2.75) is 31.7 Å². The summed E-state index contributed by atoms with van der Waals surface area (Å²) in [4.78, 5) is 22.9. The zero-order chi connectivity index (χ0) is 15.4. The number of nitrogens with one attached hydrogen (secondary N) is 1. The van der Waals surface area contributed by atoms with Gasteiger partial charge in [0.05, 0.1) is 5.92 Å². The molecule has 1 aromatic carbocycles. The molecule has 0 saturated heterocycles. The SMILES string of the molecule is CC(CC(=O)NC1C=CC(C(=O)O)C1)c1ccc(N)cc1. The molecule has 0 radical (unpaired) electrons. The first kappa shape index (κ1) is 15.1. The zero-order valence-corrected chi connectivity index (χ0v) is 12.0. The number of carboxylic acids is 1. The Labute approximate surface area is 123 Å². The fourth-order valence-corrected chi connectivity index (χ4v) is 2.48. The van der Waals surface area contributed by atoms with Gasteiger partial charge in [-0.1, -0.05) is 31.2 Å². The van der Waals surface area contributed by atoms with Gasteiger partial charge < -0.3 is 16.2 Å². The number of aliphatic carboxylic acids is 1. The summed E-state index contributed by atoms with van der Waals surface area (Å²) in [6, 6.07) is 7.30. The van der Waals surface area contributed by atoms with Crippen molar-refractivity contribution in [3.8, 4) is 0 Å². The standard InChI is InChI=1S/C16H20N2O3/c1-10(11-2-5-13(17)6-3-11)8-15(19)18-14-7-4-12(9-14)16(20)21/h2-7,10,12,14H,8-9,17H2,1H3,(H,18,19)(H,20,21). The summed E-state index contributed by atoms with van der Waals surface area (Å²) in [6.07, 6.45) is 4.19. The fraction of sp³-hybridized carbons (Fsp3) is 0.375. The van der Waals surface area contributed by atoms with E-state index in [1.807, 2.05) is 31.2 Å². The Balaban J connectivity index is 1.84. The van der Waals surface area contributed by atoms with E-state index >= 15 is 0 Å². The number of carbonyl (C=O) groups excluding carboxylic acids is 1. The van der Waals surface area contributed by atoms with Gasteiger partial charge in [-0.05, 0) is 30.0 Å². The molecular weight excluding hydrogens is 268 g/mol. The Morgan fingerprint density at radius 2 is 2.00 bits per heavy atom. The molecule has 3 unspecified atom stereocenters. The Bertz CT molecular complexity index is 551. The van der Waals surface area contributed by atoms with Crippen LogP contribution < -0.4 is 11.1 Å². The van der Waals surface area contributed by atoms with Gasteiger partial charge in [-0.3, -0.25) is 9.59 Å². The number of anilines is 1. The van der Waals surface area contributed by atoms with Gasteiger partial charge in [0, 0.05) is 18.2 Å². The molecule has 21 heavy (non-hydrogen) atoms. The molecule has 4 N–H and O–H groups in total. The van der Waals surface area contributed by atoms with E-state index in [0.717, 1.165) is 5.56 Å². The minimum atomic E-state index is -0.849. The monoisotopic (exact) mass is 288 g/mol. The maximum atomic E-state index is 12.0. The highest BCUT2D eigenvalue weighted by Gasteiger charge is 2.25. The summed E-state index contributed by atoms with van der Waals surface area (Å²) < 4.78 is 0. The topological polar surface area (TPSA) is 92.4 Å². The number of hydrogen-bond donors (Lipinski definition) is 3. The summed E-state index contributed by atoms with van der Waals surface area (Å²) >= 11 is 0. The van der Waals surface area contributed by atoms with E-state index in [1.54, 1.807) is 12.2 Å². The summed E-state index contributed by atoms with van der Waals surface area (Å²) in [5.74, 6) is -1.32. The number of nitrogen functional groups attached to an aromatic ring is 1. The quantitative estimate of drug-likeness (QED) is 0.570. The van der Waals surface area contributed by atoms with Crippen LogP contribution in [0.4, 0.5) is 5.69 Å². The molecule has 0 heterocycles. The number of carboxylic acid groups (broad SMARTS) is 1. The Kier molecular flexibility index (Phi) is 4.62. The first-order chi connectivity index (χ1) is 9.95. The molecule has 5 nitrogen and oxygen atoms in total.